The van der Waals surface area contributed by atoms with Crippen LogP contribution in [0.4, 0.5) is 0 Å². The van der Waals surface area contributed by atoms with Gasteiger partial charge in [0.25, 0.3) is 0 Å². The fourth-order valence-electron chi connectivity index (χ4n) is 3.19. The lowest BCUT2D eigenvalue weighted by Gasteiger charge is -2.35. The van der Waals surface area contributed by atoms with Crippen LogP contribution in [-0.2, 0) is 10.2 Å². The van der Waals surface area contributed by atoms with E-state index in [4.69, 9.17) is 4.52 Å². The van der Waals surface area contributed by atoms with Crippen LogP contribution >= 0.6 is 0 Å². The summed E-state index contributed by atoms with van der Waals surface area (Å²) in [5, 5.41) is 4.12. The SMILES string of the molecule is CCN(CC)C(=O)C1CCN(C(C)c2nc(C(C)(C)C)no2)CC1. The molecule has 1 amide bonds. The molecule has 0 bridgehead atoms. The summed E-state index contributed by atoms with van der Waals surface area (Å²) in [7, 11) is 0. The highest BCUT2D eigenvalue weighted by Gasteiger charge is 2.32. The Bertz CT molecular complexity index is 537. The summed E-state index contributed by atoms with van der Waals surface area (Å²) in [6, 6.07) is 0.0955. The minimum Gasteiger partial charge on any atom is -0.343 e. The average Bonchev–Trinajstić information content (AvgIpc) is 3.05. The largest absolute Gasteiger partial charge is 0.343 e. The molecule has 0 aliphatic carbocycles. The van der Waals surface area contributed by atoms with Gasteiger partial charge in [0.1, 0.15) is 0 Å². The van der Waals surface area contributed by atoms with Crippen molar-refractivity contribution in [2.24, 2.45) is 5.92 Å². The Labute approximate surface area is 145 Å². The second-order valence-electron chi connectivity index (χ2n) is 7.70. The maximum atomic E-state index is 12.5. The van der Waals surface area contributed by atoms with E-state index in [1.807, 2.05) is 18.7 Å². The van der Waals surface area contributed by atoms with Gasteiger partial charge in [-0.1, -0.05) is 25.9 Å². The topological polar surface area (TPSA) is 62.5 Å². The van der Waals surface area contributed by atoms with E-state index in [-0.39, 0.29) is 17.4 Å². The average molecular weight is 336 g/mol. The van der Waals surface area contributed by atoms with Crippen molar-refractivity contribution < 1.29 is 9.32 Å². The third-order valence-corrected chi connectivity index (χ3v) is 4.97. The van der Waals surface area contributed by atoms with Gasteiger partial charge in [-0.25, -0.2) is 0 Å². The van der Waals surface area contributed by atoms with Crippen LogP contribution < -0.4 is 0 Å². The fourth-order valence-corrected chi connectivity index (χ4v) is 3.19. The summed E-state index contributed by atoms with van der Waals surface area (Å²) in [6.07, 6.45) is 1.81. The molecule has 0 N–H and O–H groups in total. The molecule has 0 saturated carbocycles. The number of carbonyl (C=O) groups excluding carboxylic acids is 1. The number of amides is 1. The van der Waals surface area contributed by atoms with Gasteiger partial charge in [0, 0.05) is 24.4 Å². The highest BCUT2D eigenvalue weighted by Crippen LogP contribution is 2.28. The molecule has 1 aliphatic heterocycles. The zero-order valence-corrected chi connectivity index (χ0v) is 16.0. The lowest BCUT2D eigenvalue weighted by Crippen LogP contribution is -2.43. The van der Waals surface area contributed by atoms with Crippen LogP contribution in [0.25, 0.3) is 0 Å². The van der Waals surface area contributed by atoms with Crippen molar-refractivity contribution in [3.05, 3.63) is 11.7 Å². The molecule has 0 radical (unpaired) electrons. The zero-order valence-electron chi connectivity index (χ0n) is 16.0. The first-order valence-electron chi connectivity index (χ1n) is 9.14. The number of likely N-dealkylation sites (tertiary alicyclic amines) is 1. The maximum absolute atomic E-state index is 12.5. The van der Waals surface area contributed by atoms with E-state index in [0.717, 1.165) is 44.8 Å². The standard InChI is InChI=1S/C18H32N4O2/c1-7-21(8-2)16(23)14-9-11-22(12-10-14)13(3)15-19-17(20-24-15)18(4,5)6/h13-14H,7-12H2,1-6H3. The molecule has 1 aromatic heterocycles. The van der Waals surface area contributed by atoms with Crippen molar-refractivity contribution in [1.29, 1.82) is 0 Å². The number of piperidine rings is 1. The normalized spacial score (nSPS) is 18.6. The molecule has 2 heterocycles. The van der Waals surface area contributed by atoms with Gasteiger partial charge in [0.05, 0.1) is 6.04 Å². The van der Waals surface area contributed by atoms with E-state index in [1.165, 1.54) is 0 Å². The quantitative estimate of drug-likeness (QED) is 0.827. The van der Waals surface area contributed by atoms with Gasteiger partial charge in [-0.2, -0.15) is 4.98 Å². The van der Waals surface area contributed by atoms with Gasteiger partial charge >= 0.3 is 0 Å². The van der Waals surface area contributed by atoms with Crippen molar-refractivity contribution in [2.75, 3.05) is 26.2 Å². The van der Waals surface area contributed by atoms with Crippen LogP contribution in [0, 0.1) is 5.92 Å². The zero-order chi connectivity index (χ0) is 17.9. The summed E-state index contributed by atoms with van der Waals surface area (Å²) < 4.78 is 5.48. The molecule has 24 heavy (non-hydrogen) atoms. The predicted octanol–water partition coefficient (Wildman–Crippen LogP) is 3.01. The van der Waals surface area contributed by atoms with Gasteiger partial charge in [-0.3, -0.25) is 9.69 Å². The molecule has 6 nitrogen and oxygen atoms in total. The monoisotopic (exact) mass is 336 g/mol. The minimum absolute atomic E-state index is 0.0955. The van der Waals surface area contributed by atoms with Crippen LogP contribution in [0.2, 0.25) is 0 Å². The summed E-state index contributed by atoms with van der Waals surface area (Å²) in [6.45, 7) is 15.8. The molecule has 0 aromatic carbocycles. The molecular formula is C18H32N4O2. The van der Waals surface area contributed by atoms with Gasteiger partial charge in [-0.05, 0) is 46.7 Å². The number of nitrogens with zero attached hydrogens (tertiary/aromatic N) is 4. The van der Waals surface area contributed by atoms with Crippen LogP contribution in [0.1, 0.15) is 72.1 Å². The van der Waals surface area contributed by atoms with E-state index in [1.54, 1.807) is 0 Å². The Morgan fingerprint density at radius 2 is 1.88 bits per heavy atom. The minimum atomic E-state index is -0.107. The van der Waals surface area contributed by atoms with Crippen LogP contribution in [0.3, 0.4) is 0 Å². The first kappa shape index (κ1) is 18.9. The highest BCUT2D eigenvalue weighted by molar-refractivity contribution is 5.78. The van der Waals surface area contributed by atoms with Crippen LogP contribution in [0.15, 0.2) is 4.52 Å². The van der Waals surface area contributed by atoms with Crippen molar-refractivity contribution in [3.63, 3.8) is 0 Å². The molecule has 1 unspecified atom stereocenters. The smallest absolute Gasteiger partial charge is 0.243 e. The predicted molar refractivity (Wildman–Crippen MR) is 93.6 cm³/mol. The van der Waals surface area contributed by atoms with E-state index in [9.17, 15) is 4.79 Å². The molecule has 1 fully saturated rings. The van der Waals surface area contributed by atoms with Crippen molar-refractivity contribution in [3.8, 4) is 0 Å². The third kappa shape index (κ3) is 4.15. The second-order valence-corrected chi connectivity index (χ2v) is 7.70. The molecule has 1 saturated heterocycles. The molecule has 136 valence electrons. The third-order valence-electron chi connectivity index (χ3n) is 4.97. The molecule has 0 spiro atoms. The van der Waals surface area contributed by atoms with E-state index in [2.05, 4.69) is 42.7 Å². The van der Waals surface area contributed by atoms with Crippen molar-refractivity contribution in [1.82, 2.24) is 19.9 Å². The number of hydrogen-bond donors (Lipinski definition) is 0. The Kier molecular flexibility index (Phi) is 6.01. The van der Waals surface area contributed by atoms with Gasteiger partial charge in [0.15, 0.2) is 5.82 Å². The number of aromatic nitrogens is 2. The van der Waals surface area contributed by atoms with Crippen LogP contribution in [0.5, 0.6) is 0 Å². The number of carbonyl (C=O) groups is 1. The summed E-state index contributed by atoms with van der Waals surface area (Å²) in [5.41, 5.74) is -0.107. The maximum Gasteiger partial charge on any atom is 0.243 e. The van der Waals surface area contributed by atoms with E-state index < -0.39 is 0 Å². The molecule has 1 aromatic rings. The van der Waals surface area contributed by atoms with Crippen molar-refractivity contribution in [2.45, 2.75) is 65.8 Å². The number of hydrogen-bond acceptors (Lipinski definition) is 5. The lowest BCUT2D eigenvalue weighted by molar-refractivity contribution is -0.136. The Morgan fingerprint density at radius 1 is 1.29 bits per heavy atom. The van der Waals surface area contributed by atoms with Gasteiger partial charge < -0.3 is 9.42 Å². The summed E-state index contributed by atoms with van der Waals surface area (Å²) in [4.78, 5) is 21.3. The first-order valence-corrected chi connectivity index (χ1v) is 9.14. The lowest BCUT2D eigenvalue weighted by atomic mass is 9.94. The van der Waals surface area contributed by atoms with E-state index in [0.29, 0.717) is 11.8 Å². The Hall–Kier alpha value is -1.43. The summed E-state index contributed by atoms with van der Waals surface area (Å²) in [5.74, 6) is 1.88. The van der Waals surface area contributed by atoms with Crippen LogP contribution in [-0.4, -0.2) is 52.0 Å². The second kappa shape index (κ2) is 7.64. The first-order chi connectivity index (χ1) is 11.3. The Balaban J connectivity index is 1.94. The van der Waals surface area contributed by atoms with E-state index >= 15 is 0 Å². The summed E-state index contributed by atoms with van der Waals surface area (Å²) >= 11 is 0. The van der Waals surface area contributed by atoms with Gasteiger partial charge in [-0.15, -0.1) is 0 Å². The van der Waals surface area contributed by atoms with Crippen molar-refractivity contribution >= 4 is 5.91 Å². The molecule has 1 atom stereocenters. The highest BCUT2D eigenvalue weighted by atomic mass is 16.5. The number of rotatable bonds is 5. The Morgan fingerprint density at radius 3 is 2.33 bits per heavy atom. The molecule has 2 rings (SSSR count). The molecular weight excluding hydrogens is 304 g/mol. The molecule has 1 aliphatic rings. The fraction of sp³-hybridized carbons (Fsp3) is 0.833. The molecule has 6 heteroatoms. The van der Waals surface area contributed by atoms with Gasteiger partial charge in [0.2, 0.25) is 11.8 Å².